The second-order valence-electron chi connectivity index (χ2n) is 3.85. The number of rotatable bonds is 2. The molecular formula is C10H15BrN2O. The van der Waals surface area contributed by atoms with Crippen molar-refractivity contribution in [3.05, 3.63) is 22.6 Å². The molecule has 0 amide bonds. The molecule has 1 aliphatic rings. The Morgan fingerprint density at radius 3 is 3.00 bits per heavy atom. The van der Waals surface area contributed by atoms with Gasteiger partial charge in [0.1, 0.15) is 5.76 Å². The maximum absolute atomic E-state index is 5.75. The third kappa shape index (κ3) is 1.74. The summed E-state index contributed by atoms with van der Waals surface area (Å²) in [5.74, 6) is 1.55. The van der Waals surface area contributed by atoms with E-state index >= 15 is 0 Å². The van der Waals surface area contributed by atoms with Crippen molar-refractivity contribution < 1.29 is 4.42 Å². The monoisotopic (exact) mass is 258 g/mol. The van der Waals surface area contributed by atoms with Gasteiger partial charge in [0.2, 0.25) is 0 Å². The first-order valence-corrected chi connectivity index (χ1v) is 5.67. The molecule has 2 rings (SSSR count). The van der Waals surface area contributed by atoms with E-state index < -0.39 is 0 Å². The van der Waals surface area contributed by atoms with Crippen molar-refractivity contribution in [2.75, 3.05) is 20.1 Å². The average Bonchev–Trinajstić information content (AvgIpc) is 2.71. The van der Waals surface area contributed by atoms with E-state index in [0.717, 1.165) is 29.9 Å². The summed E-state index contributed by atoms with van der Waals surface area (Å²) in [6.07, 6.45) is 1.16. The van der Waals surface area contributed by atoms with Gasteiger partial charge in [0.15, 0.2) is 4.67 Å². The summed E-state index contributed by atoms with van der Waals surface area (Å²) in [5.41, 5.74) is 5.75. The van der Waals surface area contributed by atoms with E-state index in [0.29, 0.717) is 12.0 Å². The van der Waals surface area contributed by atoms with E-state index in [1.165, 1.54) is 0 Å². The lowest BCUT2D eigenvalue weighted by atomic mass is 9.99. The van der Waals surface area contributed by atoms with Gasteiger partial charge in [0.25, 0.3) is 0 Å². The Morgan fingerprint density at radius 1 is 1.64 bits per heavy atom. The van der Waals surface area contributed by atoms with Gasteiger partial charge in [-0.15, -0.1) is 0 Å². The summed E-state index contributed by atoms with van der Waals surface area (Å²) in [4.78, 5) is 2.31. The van der Waals surface area contributed by atoms with Crippen molar-refractivity contribution in [1.29, 1.82) is 0 Å². The van der Waals surface area contributed by atoms with Gasteiger partial charge in [-0.05, 0) is 60.5 Å². The van der Waals surface area contributed by atoms with Crippen molar-refractivity contribution in [3.8, 4) is 0 Å². The molecule has 2 unspecified atom stereocenters. The third-order valence-corrected chi connectivity index (χ3v) is 3.39. The highest BCUT2D eigenvalue weighted by atomic mass is 79.9. The summed E-state index contributed by atoms with van der Waals surface area (Å²) < 4.78 is 6.38. The first-order valence-electron chi connectivity index (χ1n) is 4.88. The highest BCUT2D eigenvalue weighted by molar-refractivity contribution is 9.10. The number of furan rings is 1. The van der Waals surface area contributed by atoms with Gasteiger partial charge < -0.3 is 10.2 Å². The predicted octanol–water partition coefficient (Wildman–Crippen LogP) is 1.99. The molecule has 1 aliphatic heterocycles. The molecule has 2 atom stereocenters. The quantitative estimate of drug-likeness (QED) is 0.883. The number of halogens is 1. The van der Waals surface area contributed by atoms with Crippen molar-refractivity contribution in [2.24, 2.45) is 11.7 Å². The minimum atomic E-state index is 0.353. The zero-order chi connectivity index (χ0) is 10.1. The molecule has 78 valence electrons. The topological polar surface area (TPSA) is 42.4 Å². The van der Waals surface area contributed by atoms with Crippen molar-refractivity contribution >= 4 is 15.9 Å². The molecule has 14 heavy (non-hydrogen) atoms. The van der Waals surface area contributed by atoms with Gasteiger partial charge in [-0.3, -0.25) is 4.90 Å². The molecule has 2 heterocycles. The van der Waals surface area contributed by atoms with Crippen molar-refractivity contribution in [2.45, 2.75) is 12.5 Å². The first kappa shape index (κ1) is 10.2. The Kier molecular flexibility index (Phi) is 2.95. The molecule has 0 radical (unpaired) electrons. The van der Waals surface area contributed by atoms with E-state index in [1.807, 2.05) is 12.1 Å². The van der Waals surface area contributed by atoms with Gasteiger partial charge >= 0.3 is 0 Å². The van der Waals surface area contributed by atoms with Gasteiger partial charge in [-0.2, -0.15) is 0 Å². The summed E-state index contributed by atoms with van der Waals surface area (Å²) in [5, 5.41) is 0. The van der Waals surface area contributed by atoms with E-state index in [2.05, 4.69) is 27.9 Å². The van der Waals surface area contributed by atoms with Crippen LogP contribution in [0.1, 0.15) is 18.2 Å². The second-order valence-corrected chi connectivity index (χ2v) is 4.63. The van der Waals surface area contributed by atoms with Crippen LogP contribution in [0.2, 0.25) is 0 Å². The van der Waals surface area contributed by atoms with Crippen LogP contribution in [0.25, 0.3) is 0 Å². The SMILES string of the molecule is CN1CCC(CN)C1c1ccc(Br)o1. The van der Waals surface area contributed by atoms with E-state index in [4.69, 9.17) is 10.2 Å². The molecule has 1 fully saturated rings. The summed E-state index contributed by atoms with van der Waals surface area (Å²) in [6.45, 7) is 1.83. The Labute approximate surface area is 92.4 Å². The Hall–Kier alpha value is -0.320. The predicted molar refractivity (Wildman–Crippen MR) is 58.9 cm³/mol. The number of nitrogens with two attached hydrogens (primary N) is 1. The highest BCUT2D eigenvalue weighted by Gasteiger charge is 2.33. The van der Waals surface area contributed by atoms with E-state index in [9.17, 15) is 0 Å². The molecule has 3 nitrogen and oxygen atoms in total. The molecule has 4 heteroatoms. The molecule has 0 aromatic carbocycles. The van der Waals surface area contributed by atoms with Crippen LogP contribution >= 0.6 is 15.9 Å². The summed E-state index contributed by atoms with van der Waals surface area (Å²) in [7, 11) is 2.12. The number of nitrogens with zero attached hydrogens (tertiary/aromatic N) is 1. The van der Waals surface area contributed by atoms with Gasteiger partial charge in [0, 0.05) is 0 Å². The highest BCUT2D eigenvalue weighted by Crippen LogP contribution is 2.36. The molecule has 1 aromatic heterocycles. The Balaban J connectivity index is 2.22. The lowest BCUT2D eigenvalue weighted by Crippen LogP contribution is -2.24. The van der Waals surface area contributed by atoms with Crippen LogP contribution in [0.4, 0.5) is 0 Å². The molecule has 0 spiro atoms. The molecular weight excluding hydrogens is 244 g/mol. The van der Waals surface area contributed by atoms with Crippen LogP contribution in [0, 0.1) is 5.92 Å². The zero-order valence-electron chi connectivity index (χ0n) is 8.24. The van der Waals surface area contributed by atoms with Crippen LogP contribution in [-0.4, -0.2) is 25.0 Å². The fourth-order valence-electron chi connectivity index (χ4n) is 2.21. The lowest BCUT2D eigenvalue weighted by Gasteiger charge is -2.21. The van der Waals surface area contributed by atoms with Crippen LogP contribution in [0.3, 0.4) is 0 Å². The molecule has 0 aliphatic carbocycles. The van der Waals surface area contributed by atoms with Gasteiger partial charge in [-0.25, -0.2) is 0 Å². The van der Waals surface area contributed by atoms with Crippen molar-refractivity contribution in [3.63, 3.8) is 0 Å². The van der Waals surface area contributed by atoms with Crippen LogP contribution in [-0.2, 0) is 0 Å². The van der Waals surface area contributed by atoms with Crippen molar-refractivity contribution in [1.82, 2.24) is 4.90 Å². The fourth-order valence-corrected chi connectivity index (χ4v) is 2.53. The molecule has 0 saturated carbocycles. The lowest BCUT2D eigenvalue weighted by molar-refractivity contribution is 0.238. The molecule has 2 N–H and O–H groups in total. The maximum Gasteiger partial charge on any atom is 0.169 e. The van der Waals surface area contributed by atoms with E-state index in [1.54, 1.807) is 0 Å². The van der Waals surface area contributed by atoms with Crippen LogP contribution in [0.5, 0.6) is 0 Å². The standard InChI is InChI=1S/C10H15BrN2O/c1-13-5-4-7(6-12)10(13)8-2-3-9(11)14-8/h2-3,7,10H,4-6,12H2,1H3. The number of likely N-dealkylation sites (tertiary alicyclic amines) is 1. The minimum Gasteiger partial charge on any atom is -0.453 e. The molecule has 1 aromatic rings. The zero-order valence-corrected chi connectivity index (χ0v) is 9.83. The maximum atomic E-state index is 5.75. The largest absolute Gasteiger partial charge is 0.453 e. The molecule has 1 saturated heterocycles. The number of hydrogen-bond donors (Lipinski definition) is 1. The molecule has 0 bridgehead atoms. The summed E-state index contributed by atoms with van der Waals surface area (Å²) >= 11 is 3.32. The van der Waals surface area contributed by atoms with Gasteiger partial charge in [-0.1, -0.05) is 0 Å². The fraction of sp³-hybridized carbons (Fsp3) is 0.600. The van der Waals surface area contributed by atoms with Gasteiger partial charge in [0.05, 0.1) is 6.04 Å². The first-order chi connectivity index (χ1) is 6.72. The second kappa shape index (κ2) is 4.04. The smallest absolute Gasteiger partial charge is 0.169 e. The third-order valence-electron chi connectivity index (χ3n) is 2.96. The minimum absolute atomic E-state index is 0.353. The van der Waals surface area contributed by atoms with Crippen LogP contribution < -0.4 is 5.73 Å². The Bertz CT molecular complexity index is 313. The number of hydrogen-bond acceptors (Lipinski definition) is 3. The Morgan fingerprint density at radius 2 is 2.43 bits per heavy atom. The normalized spacial score (nSPS) is 28.5. The van der Waals surface area contributed by atoms with Crippen LogP contribution in [0.15, 0.2) is 21.2 Å². The average molecular weight is 259 g/mol. The van der Waals surface area contributed by atoms with E-state index in [-0.39, 0.29) is 0 Å². The summed E-state index contributed by atoms with van der Waals surface area (Å²) in [6, 6.07) is 4.32.